The first kappa shape index (κ1) is 10.9. The maximum atomic E-state index is 13.2. The summed E-state index contributed by atoms with van der Waals surface area (Å²) in [4.78, 5) is 0. The first-order valence-electron chi connectivity index (χ1n) is 4.38. The molecule has 0 spiro atoms. The van der Waals surface area contributed by atoms with E-state index < -0.39 is 11.9 Å². The minimum absolute atomic E-state index is 0.152. The van der Waals surface area contributed by atoms with Crippen LogP contribution in [0.2, 0.25) is 0 Å². The van der Waals surface area contributed by atoms with Crippen LogP contribution < -0.4 is 10.5 Å². The minimum atomic E-state index is -0.661. The quantitative estimate of drug-likeness (QED) is 0.750. The van der Waals surface area contributed by atoms with Crippen LogP contribution in [0.25, 0.3) is 0 Å². The van der Waals surface area contributed by atoms with Gasteiger partial charge in [0.2, 0.25) is 0 Å². The Morgan fingerprint density at radius 2 is 2.29 bits per heavy atom. The van der Waals surface area contributed by atoms with E-state index in [0.717, 1.165) is 0 Å². The van der Waals surface area contributed by atoms with Crippen molar-refractivity contribution in [3.8, 4) is 5.75 Å². The van der Waals surface area contributed by atoms with E-state index in [1.165, 1.54) is 13.2 Å². The average molecular weight is 199 g/mol. The highest BCUT2D eigenvalue weighted by Crippen LogP contribution is 2.23. The van der Waals surface area contributed by atoms with Gasteiger partial charge in [-0.3, -0.25) is 0 Å². The number of hydrogen-bond acceptors (Lipinski definition) is 3. The van der Waals surface area contributed by atoms with Crippen LogP contribution in [0.15, 0.2) is 18.2 Å². The molecule has 4 heteroatoms. The van der Waals surface area contributed by atoms with Crippen molar-refractivity contribution in [2.24, 2.45) is 5.73 Å². The Morgan fingerprint density at radius 1 is 1.57 bits per heavy atom. The Morgan fingerprint density at radius 3 is 2.86 bits per heavy atom. The molecule has 3 nitrogen and oxygen atoms in total. The molecule has 1 unspecified atom stereocenters. The highest BCUT2D eigenvalue weighted by Gasteiger charge is 2.11. The van der Waals surface area contributed by atoms with Crippen LogP contribution in [-0.2, 0) is 6.42 Å². The van der Waals surface area contributed by atoms with Gasteiger partial charge < -0.3 is 15.6 Å². The Bertz CT molecular complexity index is 304. The third-order valence-corrected chi connectivity index (χ3v) is 1.98. The van der Waals surface area contributed by atoms with E-state index in [1.807, 2.05) is 0 Å². The smallest absolute Gasteiger partial charge is 0.165 e. The van der Waals surface area contributed by atoms with Gasteiger partial charge in [0, 0.05) is 13.0 Å². The largest absolute Gasteiger partial charge is 0.493 e. The lowest BCUT2D eigenvalue weighted by Gasteiger charge is -2.11. The molecule has 1 atom stereocenters. The van der Waals surface area contributed by atoms with E-state index in [1.54, 1.807) is 12.1 Å². The lowest BCUT2D eigenvalue weighted by molar-refractivity contribution is 0.182. The van der Waals surface area contributed by atoms with Gasteiger partial charge in [-0.05, 0) is 11.6 Å². The van der Waals surface area contributed by atoms with E-state index in [-0.39, 0.29) is 12.3 Å². The van der Waals surface area contributed by atoms with E-state index >= 15 is 0 Å². The number of aliphatic hydroxyl groups excluding tert-OH is 1. The Balaban J connectivity index is 2.90. The normalized spacial score (nSPS) is 12.6. The predicted octanol–water partition coefficient (Wildman–Crippen LogP) is 0.696. The summed E-state index contributed by atoms with van der Waals surface area (Å²) in [6.07, 6.45) is -0.358. The van der Waals surface area contributed by atoms with Crippen molar-refractivity contribution in [2.45, 2.75) is 12.5 Å². The van der Waals surface area contributed by atoms with Crippen molar-refractivity contribution in [3.63, 3.8) is 0 Å². The van der Waals surface area contributed by atoms with Crippen LogP contribution in [-0.4, -0.2) is 24.9 Å². The van der Waals surface area contributed by atoms with E-state index in [9.17, 15) is 9.50 Å². The summed E-state index contributed by atoms with van der Waals surface area (Å²) >= 11 is 0. The summed E-state index contributed by atoms with van der Waals surface area (Å²) in [6.45, 7) is 0.152. The third kappa shape index (κ3) is 2.43. The monoisotopic (exact) mass is 199 g/mol. The number of hydrogen-bond donors (Lipinski definition) is 2. The number of para-hydroxylation sites is 1. The zero-order valence-corrected chi connectivity index (χ0v) is 8.03. The average Bonchev–Trinajstić information content (AvgIpc) is 2.18. The molecule has 1 aromatic rings. The summed E-state index contributed by atoms with van der Waals surface area (Å²) < 4.78 is 18.1. The van der Waals surface area contributed by atoms with Crippen LogP contribution in [0.5, 0.6) is 5.75 Å². The molecule has 3 N–H and O–H groups in total. The van der Waals surface area contributed by atoms with Crippen molar-refractivity contribution in [2.75, 3.05) is 13.7 Å². The number of nitrogens with two attached hydrogens (primary N) is 1. The summed E-state index contributed by atoms with van der Waals surface area (Å²) in [5.74, 6) is -0.241. The minimum Gasteiger partial charge on any atom is -0.493 e. The summed E-state index contributed by atoms with van der Waals surface area (Å²) in [7, 11) is 1.40. The SMILES string of the molecule is COc1c(F)cccc1CC(O)CN. The molecule has 0 radical (unpaired) electrons. The number of halogens is 1. The van der Waals surface area contributed by atoms with Gasteiger partial charge in [-0.2, -0.15) is 0 Å². The van der Waals surface area contributed by atoms with Gasteiger partial charge in [0.25, 0.3) is 0 Å². The molecule has 0 aromatic heterocycles. The second-order valence-corrected chi connectivity index (χ2v) is 3.03. The van der Waals surface area contributed by atoms with Crippen LogP contribution in [0.4, 0.5) is 4.39 Å². The van der Waals surface area contributed by atoms with Crippen molar-refractivity contribution < 1.29 is 14.2 Å². The maximum absolute atomic E-state index is 13.2. The van der Waals surface area contributed by atoms with Crippen LogP contribution in [0.3, 0.4) is 0 Å². The molecule has 0 fully saturated rings. The van der Waals surface area contributed by atoms with Gasteiger partial charge in [0.15, 0.2) is 11.6 Å². The Labute approximate surface area is 82.3 Å². The molecule has 1 rings (SSSR count). The van der Waals surface area contributed by atoms with Gasteiger partial charge in [0.1, 0.15) is 0 Å². The molecule has 0 aliphatic carbocycles. The zero-order chi connectivity index (χ0) is 10.6. The van der Waals surface area contributed by atoms with Gasteiger partial charge in [-0.15, -0.1) is 0 Å². The molecule has 0 amide bonds. The van der Waals surface area contributed by atoms with Crippen LogP contribution >= 0.6 is 0 Å². The second-order valence-electron chi connectivity index (χ2n) is 3.03. The number of benzene rings is 1. The molecule has 0 bridgehead atoms. The van der Waals surface area contributed by atoms with Gasteiger partial charge >= 0.3 is 0 Å². The summed E-state index contributed by atoms with van der Waals surface area (Å²) in [6, 6.07) is 4.61. The molecular weight excluding hydrogens is 185 g/mol. The molecule has 78 valence electrons. The lowest BCUT2D eigenvalue weighted by Crippen LogP contribution is -2.22. The topological polar surface area (TPSA) is 55.5 Å². The molecule has 0 saturated carbocycles. The standard InChI is InChI=1S/C10H14FNO2/c1-14-10-7(5-8(13)6-12)3-2-4-9(10)11/h2-4,8,13H,5-6,12H2,1H3. The zero-order valence-electron chi connectivity index (χ0n) is 8.03. The molecule has 0 heterocycles. The molecular formula is C10H14FNO2. The molecule has 0 saturated heterocycles. The first-order chi connectivity index (χ1) is 6.69. The Kier molecular flexibility index (Phi) is 3.85. The van der Waals surface area contributed by atoms with Crippen molar-refractivity contribution in [3.05, 3.63) is 29.6 Å². The molecule has 1 aromatic carbocycles. The Hall–Kier alpha value is -1.13. The summed E-state index contributed by atoms with van der Waals surface area (Å²) in [5.41, 5.74) is 5.89. The second kappa shape index (κ2) is 4.93. The van der Waals surface area contributed by atoms with Crippen molar-refractivity contribution in [1.82, 2.24) is 0 Å². The number of aliphatic hydroxyl groups is 1. The number of ether oxygens (including phenoxy) is 1. The maximum Gasteiger partial charge on any atom is 0.165 e. The third-order valence-electron chi connectivity index (χ3n) is 1.98. The van der Waals surface area contributed by atoms with Gasteiger partial charge in [-0.1, -0.05) is 12.1 Å². The van der Waals surface area contributed by atoms with Gasteiger partial charge in [0.05, 0.1) is 13.2 Å². The van der Waals surface area contributed by atoms with Crippen LogP contribution in [0.1, 0.15) is 5.56 Å². The van der Waals surface area contributed by atoms with Crippen LogP contribution in [0, 0.1) is 5.82 Å². The number of rotatable bonds is 4. The lowest BCUT2D eigenvalue weighted by atomic mass is 10.1. The first-order valence-corrected chi connectivity index (χ1v) is 4.38. The van der Waals surface area contributed by atoms with E-state index in [2.05, 4.69) is 0 Å². The van der Waals surface area contributed by atoms with E-state index in [0.29, 0.717) is 12.0 Å². The van der Waals surface area contributed by atoms with Crippen molar-refractivity contribution in [1.29, 1.82) is 0 Å². The highest BCUT2D eigenvalue weighted by atomic mass is 19.1. The molecule has 0 aliphatic heterocycles. The molecule has 14 heavy (non-hydrogen) atoms. The fourth-order valence-corrected chi connectivity index (χ4v) is 1.28. The summed E-state index contributed by atoms with van der Waals surface area (Å²) in [5, 5.41) is 9.32. The predicted molar refractivity (Wildman–Crippen MR) is 51.7 cm³/mol. The van der Waals surface area contributed by atoms with E-state index in [4.69, 9.17) is 10.5 Å². The van der Waals surface area contributed by atoms with Crippen molar-refractivity contribution >= 4 is 0 Å². The fourth-order valence-electron chi connectivity index (χ4n) is 1.28. The number of methoxy groups -OCH3 is 1. The van der Waals surface area contributed by atoms with Gasteiger partial charge in [-0.25, -0.2) is 4.39 Å². The highest BCUT2D eigenvalue weighted by molar-refractivity contribution is 5.35. The fraction of sp³-hybridized carbons (Fsp3) is 0.400. The molecule has 0 aliphatic rings.